The molecule has 1 aliphatic rings. The molecule has 1 heterocycles. The van der Waals surface area contributed by atoms with Crippen LogP contribution in [-0.4, -0.2) is 23.0 Å². The van der Waals surface area contributed by atoms with Crippen LogP contribution in [0.5, 0.6) is 5.75 Å². The summed E-state index contributed by atoms with van der Waals surface area (Å²) in [5, 5.41) is 0. The Kier molecular flexibility index (Phi) is 4.48. The van der Waals surface area contributed by atoms with Gasteiger partial charge in [-0.1, -0.05) is 18.2 Å². The molecule has 5 heteroatoms. The van der Waals surface area contributed by atoms with E-state index in [2.05, 4.69) is 0 Å². The van der Waals surface area contributed by atoms with Crippen molar-refractivity contribution >= 4 is 6.16 Å². The Morgan fingerprint density at radius 3 is 2.09 bits per heavy atom. The predicted molar refractivity (Wildman–Crippen MR) is 86.4 cm³/mol. The predicted octanol–water partition coefficient (Wildman–Crippen LogP) is 4.60. The molecule has 0 aromatic heterocycles. The van der Waals surface area contributed by atoms with E-state index in [9.17, 15) is 4.79 Å². The lowest BCUT2D eigenvalue weighted by molar-refractivity contribution is -0.0907. The first-order valence-corrected chi connectivity index (χ1v) is 7.77. The minimum Gasteiger partial charge on any atom is -0.428 e. The van der Waals surface area contributed by atoms with E-state index in [-0.39, 0.29) is 0 Å². The van der Waals surface area contributed by atoms with Crippen molar-refractivity contribution < 1.29 is 23.7 Å². The molecule has 1 aromatic carbocycles. The SMILES string of the molecule is CC(C)(C)OC(=O)Oc1ccccc1C1OC(C)(C)C(C)(C)O1. The standard InChI is InChI=1S/C18H26O5/c1-16(2,3)23-15(19)20-13-11-9-8-10-12(13)14-21-17(4,5)18(6,7)22-14/h8-11,14H,1-7H3. The summed E-state index contributed by atoms with van der Waals surface area (Å²) in [6.45, 7) is 13.3. The number of benzene rings is 1. The van der Waals surface area contributed by atoms with Gasteiger partial charge in [0.1, 0.15) is 11.4 Å². The first kappa shape index (κ1) is 17.8. The van der Waals surface area contributed by atoms with Crippen molar-refractivity contribution in [2.24, 2.45) is 0 Å². The van der Waals surface area contributed by atoms with Crippen molar-refractivity contribution in [3.63, 3.8) is 0 Å². The number of carbonyl (C=O) groups is 1. The molecule has 5 nitrogen and oxygen atoms in total. The highest BCUT2D eigenvalue weighted by atomic mass is 16.8. The maximum absolute atomic E-state index is 11.9. The van der Waals surface area contributed by atoms with Crippen LogP contribution in [-0.2, 0) is 14.2 Å². The Morgan fingerprint density at radius 2 is 1.57 bits per heavy atom. The molecule has 0 radical (unpaired) electrons. The van der Waals surface area contributed by atoms with Crippen LogP contribution in [0.3, 0.4) is 0 Å². The van der Waals surface area contributed by atoms with Crippen molar-refractivity contribution in [2.75, 3.05) is 0 Å². The van der Waals surface area contributed by atoms with Gasteiger partial charge in [0.2, 0.25) is 0 Å². The molecule has 0 atom stereocenters. The second kappa shape index (κ2) is 5.80. The van der Waals surface area contributed by atoms with E-state index in [4.69, 9.17) is 18.9 Å². The summed E-state index contributed by atoms with van der Waals surface area (Å²) in [6.07, 6.45) is -1.35. The summed E-state index contributed by atoms with van der Waals surface area (Å²) in [7, 11) is 0. The third kappa shape index (κ3) is 4.03. The Labute approximate surface area is 137 Å². The van der Waals surface area contributed by atoms with Crippen LogP contribution in [0, 0.1) is 0 Å². The first-order valence-electron chi connectivity index (χ1n) is 7.77. The number of hydrogen-bond donors (Lipinski definition) is 0. The van der Waals surface area contributed by atoms with Gasteiger partial charge in [-0.15, -0.1) is 0 Å². The highest BCUT2D eigenvalue weighted by molar-refractivity contribution is 5.65. The van der Waals surface area contributed by atoms with Crippen molar-refractivity contribution in [3.8, 4) is 5.75 Å². The van der Waals surface area contributed by atoms with Gasteiger partial charge < -0.3 is 18.9 Å². The monoisotopic (exact) mass is 322 g/mol. The Balaban J connectivity index is 2.21. The van der Waals surface area contributed by atoms with E-state index in [0.717, 1.165) is 0 Å². The molecule has 0 amide bonds. The van der Waals surface area contributed by atoms with Gasteiger partial charge >= 0.3 is 6.16 Å². The van der Waals surface area contributed by atoms with Gasteiger partial charge in [-0.3, -0.25) is 0 Å². The maximum Gasteiger partial charge on any atom is 0.514 e. The van der Waals surface area contributed by atoms with Gasteiger partial charge in [0.25, 0.3) is 0 Å². The molecule has 1 aliphatic heterocycles. The topological polar surface area (TPSA) is 54.0 Å². The van der Waals surface area contributed by atoms with E-state index >= 15 is 0 Å². The summed E-state index contributed by atoms with van der Waals surface area (Å²) >= 11 is 0. The third-order valence-corrected chi connectivity index (χ3v) is 4.01. The number of hydrogen-bond acceptors (Lipinski definition) is 5. The van der Waals surface area contributed by atoms with Gasteiger partial charge in [0.05, 0.1) is 16.8 Å². The van der Waals surface area contributed by atoms with Gasteiger partial charge in [0, 0.05) is 0 Å². The molecule has 1 aromatic rings. The molecule has 23 heavy (non-hydrogen) atoms. The summed E-state index contributed by atoms with van der Waals surface area (Å²) < 4.78 is 22.6. The average Bonchev–Trinajstić information content (AvgIpc) is 2.56. The van der Waals surface area contributed by atoms with Crippen LogP contribution in [0.1, 0.15) is 60.3 Å². The van der Waals surface area contributed by atoms with Crippen LogP contribution < -0.4 is 4.74 Å². The fourth-order valence-electron chi connectivity index (χ4n) is 2.10. The molecule has 1 fully saturated rings. The molecule has 128 valence electrons. The largest absolute Gasteiger partial charge is 0.514 e. The molecule has 1 saturated heterocycles. The first-order chi connectivity index (χ1) is 10.4. The minimum atomic E-state index is -0.749. The highest BCUT2D eigenvalue weighted by Gasteiger charge is 2.50. The quantitative estimate of drug-likeness (QED) is 0.588. The fraction of sp³-hybridized carbons (Fsp3) is 0.611. The summed E-state index contributed by atoms with van der Waals surface area (Å²) in [5.74, 6) is 0.375. The fourth-order valence-corrected chi connectivity index (χ4v) is 2.10. The summed E-state index contributed by atoms with van der Waals surface area (Å²) in [5.41, 5.74) is -0.874. The van der Waals surface area contributed by atoms with Crippen molar-refractivity contribution in [1.29, 1.82) is 0 Å². The lowest BCUT2D eigenvalue weighted by Crippen LogP contribution is -2.41. The van der Waals surface area contributed by atoms with Crippen molar-refractivity contribution in [3.05, 3.63) is 29.8 Å². The minimum absolute atomic E-state index is 0.375. The molecule has 0 saturated carbocycles. The van der Waals surface area contributed by atoms with Gasteiger partial charge in [-0.2, -0.15) is 0 Å². The second-order valence-electron chi connectivity index (χ2n) is 7.69. The van der Waals surface area contributed by atoms with E-state index in [1.807, 2.05) is 39.8 Å². The molecule has 0 aliphatic carbocycles. The maximum atomic E-state index is 11.9. The van der Waals surface area contributed by atoms with Crippen LogP contribution in [0.2, 0.25) is 0 Å². The van der Waals surface area contributed by atoms with E-state index < -0.39 is 29.2 Å². The van der Waals surface area contributed by atoms with Crippen LogP contribution >= 0.6 is 0 Å². The number of rotatable bonds is 2. The number of carbonyl (C=O) groups excluding carboxylic acids is 1. The Bertz CT molecular complexity index is 567. The van der Waals surface area contributed by atoms with Crippen LogP contribution in [0.25, 0.3) is 0 Å². The number of ether oxygens (including phenoxy) is 4. The number of para-hydroxylation sites is 1. The third-order valence-electron chi connectivity index (χ3n) is 4.01. The molecule has 2 rings (SSSR count). The van der Waals surface area contributed by atoms with Crippen LogP contribution in [0.15, 0.2) is 24.3 Å². The van der Waals surface area contributed by atoms with E-state index in [1.54, 1.807) is 32.9 Å². The van der Waals surface area contributed by atoms with Gasteiger partial charge in [0.15, 0.2) is 6.29 Å². The zero-order valence-corrected chi connectivity index (χ0v) is 14.9. The van der Waals surface area contributed by atoms with Crippen molar-refractivity contribution in [1.82, 2.24) is 0 Å². The molecular formula is C18H26O5. The van der Waals surface area contributed by atoms with Crippen molar-refractivity contribution in [2.45, 2.75) is 71.6 Å². The summed E-state index contributed by atoms with van der Waals surface area (Å²) in [4.78, 5) is 11.9. The lowest BCUT2D eigenvalue weighted by Gasteiger charge is -2.30. The normalized spacial score (nSPS) is 20.3. The zero-order valence-electron chi connectivity index (χ0n) is 14.9. The van der Waals surface area contributed by atoms with Gasteiger partial charge in [-0.25, -0.2) is 4.79 Å². The molecule has 0 N–H and O–H groups in total. The highest BCUT2D eigenvalue weighted by Crippen LogP contribution is 2.46. The Hall–Kier alpha value is -1.59. The summed E-state index contributed by atoms with van der Waals surface area (Å²) in [6, 6.07) is 7.16. The molecular weight excluding hydrogens is 296 g/mol. The molecule has 0 unspecified atom stereocenters. The zero-order chi connectivity index (χ0) is 17.5. The second-order valence-corrected chi connectivity index (χ2v) is 7.69. The van der Waals surface area contributed by atoms with Crippen LogP contribution in [0.4, 0.5) is 4.79 Å². The van der Waals surface area contributed by atoms with E-state index in [0.29, 0.717) is 11.3 Å². The lowest BCUT2D eigenvalue weighted by atomic mass is 9.90. The Morgan fingerprint density at radius 1 is 1.04 bits per heavy atom. The average molecular weight is 322 g/mol. The van der Waals surface area contributed by atoms with E-state index in [1.165, 1.54) is 0 Å². The smallest absolute Gasteiger partial charge is 0.428 e. The molecule has 0 bridgehead atoms. The molecule has 0 spiro atoms. The van der Waals surface area contributed by atoms with Gasteiger partial charge in [-0.05, 0) is 54.5 Å².